The molecule has 3 heteroatoms. The van der Waals surface area contributed by atoms with Gasteiger partial charge in [-0.2, -0.15) is 0 Å². The second-order valence-corrected chi connectivity index (χ2v) is 5.70. The van der Waals surface area contributed by atoms with Crippen molar-refractivity contribution in [3.8, 4) is 0 Å². The standard InChI is InChI=1S/C18H20N2O/c19-17(21)18(16-11-12-20-13-16,14-7-3-1-4-8-14)15-9-5-2-6-10-15/h1-10,16,20H,11-13H2,(H2,19,21)/p+1/t16-/m1/s1. The van der Waals surface area contributed by atoms with E-state index in [1.165, 1.54) is 0 Å². The molecule has 4 N–H and O–H groups in total. The van der Waals surface area contributed by atoms with Crippen LogP contribution >= 0.6 is 0 Å². The summed E-state index contributed by atoms with van der Waals surface area (Å²) in [7, 11) is 0. The summed E-state index contributed by atoms with van der Waals surface area (Å²) in [5.41, 5.74) is 7.24. The van der Waals surface area contributed by atoms with Gasteiger partial charge in [0.2, 0.25) is 5.91 Å². The van der Waals surface area contributed by atoms with Gasteiger partial charge in [0, 0.05) is 12.3 Å². The normalized spacial score (nSPS) is 18.6. The summed E-state index contributed by atoms with van der Waals surface area (Å²) >= 11 is 0. The molecule has 21 heavy (non-hydrogen) atoms. The smallest absolute Gasteiger partial charge is 0.233 e. The molecule has 1 aliphatic heterocycles. The van der Waals surface area contributed by atoms with E-state index in [-0.39, 0.29) is 11.8 Å². The number of hydrogen-bond acceptors (Lipinski definition) is 1. The van der Waals surface area contributed by atoms with Gasteiger partial charge in [0.05, 0.1) is 13.1 Å². The Hall–Kier alpha value is -2.13. The van der Waals surface area contributed by atoms with Crippen molar-refractivity contribution in [1.82, 2.24) is 0 Å². The van der Waals surface area contributed by atoms with E-state index < -0.39 is 5.41 Å². The van der Waals surface area contributed by atoms with Crippen LogP contribution in [0.2, 0.25) is 0 Å². The average molecular weight is 281 g/mol. The molecule has 1 atom stereocenters. The van der Waals surface area contributed by atoms with Crippen LogP contribution in [-0.4, -0.2) is 19.0 Å². The van der Waals surface area contributed by atoms with E-state index in [0.717, 1.165) is 30.6 Å². The fourth-order valence-corrected chi connectivity index (χ4v) is 3.68. The van der Waals surface area contributed by atoms with E-state index in [1.54, 1.807) is 0 Å². The zero-order valence-electron chi connectivity index (χ0n) is 12.0. The molecule has 2 aromatic carbocycles. The third-order valence-corrected chi connectivity index (χ3v) is 4.63. The quantitative estimate of drug-likeness (QED) is 0.864. The highest BCUT2D eigenvalue weighted by Gasteiger charge is 2.49. The molecule has 0 spiro atoms. The van der Waals surface area contributed by atoms with Gasteiger partial charge in [0.25, 0.3) is 0 Å². The lowest BCUT2D eigenvalue weighted by atomic mass is 9.65. The zero-order chi connectivity index (χ0) is 14.7. The summed E-state index contributed by atoms with van der Waals surface area (Å²) in [6.07, 6.45) is 1.01. The van der Waals surface area contributed by atoms with E-state index in [0.29, 0.717) is 0 Å². The molecule has 0 bridgehead atoms. The van der Waals surface area contributed by atoms with Crippen LogP contribution in [0.3, 0.4) is 0 Å². The lowest BCUT2D eigenvalue weighted by Crippen LogP contribution is -2.81. The average Bonchev–Trinajstić information content (AvgIpc) is 3.04. The highest BCUT2D eigenvalue weighted by molar-refractivity contribution is 5.91. The van der Waals surface area contributed by atoms with E-state index in [1.807, 2.05) is 60.7 Å². The van der Waals surface area contributed by atoms with Gasteiger partial charge in [-0.3, -0.25) is 4.79 Å². The maximum Gasteiger partial charge on any atom is 0.233 e. The fraction of sp³-hybridized carbons (Fsp3) is 0.278. The number of benzene rings is 2. The van der Waals surface area contributed by atoms with Crippen LogP contribution in [-0.2, 0) is 10.2 Å². The molecule has 1 saturated heterocycles. The highest BCUT2D eigenvalue weighted by Crippen LogP contribution is 2.41. The number of rotatable bonds is 4. The maximum atomic E-state index is 12.6. The molecule has 3 nitrogen and oxygen atoms in total. The van der Waals surface area contributed by atoms with Crippen LogP contribution < -0.4 is 11.1 Å². The Balaban J connectivity index is 2.24. The summed E-state index contributed by atoms with van der Waals surface area (Å²) in [6.45, 7) is 1.99. The van der Waals surface area contributed by atoms with Gasteiger partial charge in [-0.05, 0) is 11.1 Å². The van der Waals surface area contributed by atoms with Crippen molar-refractivity contribution in [2.45, 2.75) is 11.8 Å². The number of primary amides is 1. The van der Waals surface area contributed by atoms with Crippen molar-refractivity contribution >= 4 is 5.91 Å². The Morgan fingerprint density at radius 3 is 1.90 bits per heavy atom. The Bertz CT molecular complexity index is 564. The summed E-state index contributed by atoms with van der Waals surface area (Å²) in [6, 6.07) is 20.0. The molecule has 0 aliphatic carbocycles. The predicted octanol–water partition coefficient (Wildman–Crippen LogP) is 1.04. The number of amides is 1. The van der Waals surface area contributed by atoms with Gasteiger partial charge < -0.3 is 11.1 Å². The summed E-state index contributed by atoms with van der Waals surface area (Å²) in [4.78, 5) is 12.6. The third kappa shape index (κ3) is 2.24. The van der Waals surface area contributed by atoms with Crippen molar-refractivity contribution in [2.75, 3.05) is 13.1 Å². The molecule has 0 radical (unpaired) electrons. The van der Waals surface area contributed by atoms with Gasteiger partial charge in [-0.15, -0.1) is 0 Å². The Labute approximate surface area is 125 Å². The van der Waals surface area contributed by atoms with E-state index >= 15 is 0 Å². The largest absolute Gasteiger partial charge is 0.369 e. The predicted molar refractivity (Wildman–Crippen MR) is 82.6 cm³/mol. The van der Waals surface area contributed by atoms with Gasteiger partial charge in [-0.25, -0.2) is 0 Å². The molecule has 1 heterocycles. The van der Waals surface area contributed by atoms with Crippen LogP contribution in [0.4, 0.5) is 0 Å². The van der Waals surface area contributed by atoms with Gasteiger partial charge in [-0.1, -0.05) is 60.7 Å². The SMILES string of the molecule is NC(=O)C(c1ccccc1)(c1ccccc1)[C@@H]1CC[NH2+]C1. The summed E-state index contributed by atoms with van der Waals surface area (Å²) in [5.74, 6) is -0.0139. The van der Waals surface area contributed by atoms with Crippen LogP contribution in [0, 0.1) is 5.92 Å². The lowest BCUT2D eigenvalue weighted by Gasteiger charge is -2.36. The molecule has 0 unspecified atom stereocenters. The van der Waals surface area contributed by atoms with Crippen molar-refractivity contribution in [3.05, 3.63) is 71.8 Å². The zero-order valence-corrected chi connectivity index (χ0v) is 12.0. The molecule has 1 amide bonds. The first kappa shape index (κ1) is 13.8. The molecule has 1 fully saturated rings. The number of hydrogen-bond donors (Lipinski definition) is 2. The molecule has 0 aromatic heterocycles. The summed E-state index contributed by atoms with van der Waals surface area (Å²) < 4.78 is 0. The highest BCUT2D eigenvalue weighted by atomic mass is 16.1. The minimum atomic E-state index is -0.727. The first-order chi connectivity index (χ1) is 10.3. The Kier molecular flexibility index (Phi) is 3.76. The number of carbonyl (C=O) groups is 1. The topological polar surface area (TPSA) is 59.7 Å². The minimum absolute atomic E-state index is 0.236. The van der Waals surface area contributed by atoms with Crippen LogP contribution in [0.15, 0.2) is 60.7 Å². The van der Waals surface area contributed by atoms with Gasteiger partial charge >= 0.3 is 0 Å². The van der Waals surface area contributed by atoms with E-state index in [9.17, 15) is 4.79 Å². The van der Waals surface area contributed by atoms with Crippen LogP contribution in [0.1, 0.15) is 17.5 Å². The molecule has 0 saturated carbocycles. The van der Waals surface area contributed by atoms with Gasteiger partial charge in [0.15, 0.2) is 0 Å². The first-order valence-electron chi connectivity index (χ1n) is 7.49. The maximum absolute atomic E-state index is 12.6. The van der Waals surface area contributed by atoms with Gasteiger partial charge in [0.1, 0.15) is 5.41 Å². The van der Waals surface area contributed by atoms with Crippen molar-refractivity contribution in [1.29, 1.82) is 0 Å². The monoisotopic (exact) mass is 281 g/mol. The van der Waals surface area contributed by atoms with Crippen LogP contribution in [0.25, 0.3) is 0 Å². The summed E-state index contributed by atoms with van der Waals surface area (Å²) in [5, 5.41) is 2.27. The Morgan fingerprint density at radius 2 is 1.52 bits per heavy atom. The van der Waals surface area contributed by atoms with Crippen molar-refractivity contribution in [2.24, 2.45) is 11.7 Å². The minimum Gasteiger partial charge on any atom is -0.369 e. The molecule has 3 rings (SSSR count). The van der Waals surface area contributed by atoms with Crippen molar-refractivity contribution in [3.63, 3.8) is 0 Å². The molecule has 108 valence electrons. The third-order valence-electron chi connectivity index (χ3n) is 4.63. The number of nitrogens with two attached hydrogens (primary N) is 2. The Morgan fingerprint density at radius 1 is 1.00 bits per heavy atom. The molecule has 2 aromatic rings. The number of carbonyl (C=O) groups excluding carboxylic acids is 1. The lowest BCUT2D eigenvalue weighted by molar-refractivity contribution is -0.638. The second kappa shape index (κ2) is 5.70. The first-order valence-corrected chi connectivity index (χ1v) is 7.49. The number of quaternary nitrogens is 1. The molecule has 1 aliphatic rings. The molecular weight excluding hydrogens is 260 g/mol. The van der Waals surface area contributed by atoms with E-state index in [2.05, 4.69) is 5.32 Å². The van der Waals surface area contributed by atoms with Crippen LogP contribution in [0.5, 0.6) is 0 Å². The fourth-order valence-electron chi connectivity index (χ4n) is 3.68. The van der Waals surface area contributed by atoms with E-state index in [4.69, 9.17) is 5.73 Å². The van der Waals surface area contributed by atoms with Crippen molar-refractivity contribution < 1.29 is 10.1 Å². The molecular formula is C18H21N2O+. The second-order valence-electron chi connectivity index (χ2n) is 5.70.